The normalized spacial score (nSPS) is 9.42. The van der Waals surface area contributed by atoms with E-state index in [0.29, 0.717) is 0 Å². The van der Waals surface area contributed by atoms with Gasteiger partial charge >= 0.3 is 5.97 Å². The van der Waals surface area contributed by atoms with Gasteiger partial charge in [-0.15, -0.1) is 0 Å². The molecule has 0 saturated heterocycles. The Labute approximate surface area is 71.8 Å². The lowest BCUT2D eigenvalue weighted by Gasteiger charge is -1.96. The molecule has 0 aliphatic heterocycles. The summed E-state index contributed by atoms with van der Waals surface area (Å²) in [7, 11) is 1.23. The SMILES string of the molecule is COC(=O)c1cc(=O)nc(N)s1. The van der Waals surface area contributed by atoms with Crippen molar-refractivity contribution < 1.29 is 9.53 Å². The van der Waals surface area contributed by atoms with E-state index < -0.39 is 11.5 Å². The van der Waals surface area contributed by atoms with Gasteiger partial charge in [0.05, 0.1) is 7.11 Å². The quantitative estimate of drug-likeness (QED) is 0.618. The van der Waals surface area contributed by atoms with Gasteiger partial charge in [-0.3, -0.25) is 4.79 Å². The van der Waals surface area contributed by atoms with Crippen LogP contribution in [0.4, 0.5) is 5.13 Å². The van der Waals surface area contributed by atoms with E-state index in [2.05, 4.69) is 9.72 Å². The number of ether oxygens (including phenoxy) is 1. The van der Waals surface area contributed by atoms with Crippen molar-refractivity contribution in [1.82, 2.24) is 4.98 Å². The van der Waals surface area contributed by atoms with Crippen molar-refractivity contribution in [1.29, 1.82) is 0 Å². The van der Waals surface area contributed by atoms with E-state index in [0.717, 1.165) is 17.4 Å². The van der Waals surface area contributed by atoms with Gasteiger partial charge in [-0.25, -0.2) is 4.79 Å². The summed E-state index contributed by atoms with van der Waals surface area (Å²) in [4.78, 5) is 25.2. The Kier molecular flexibility index (Phi) is 2.39. The number of anilines is 1. The summed E-state index contributed by atoms with van der Waals surface area (Å²) in [5.41, 5.74) is 4.72. The van der Waals surface area contributed by atoms with E-state index in [1.807, 2.05) is 0 Å². The van der Waals surface area contributed by atoms with E-state index in [4.69, 9.17) is 5.73 Å². The number of carbonyl (C=O) groups excluding carboxylic acids is 1. The predicted octanol–water partition coefficient (Wildman–Crippen LogP) is -0.128. The lowest BCUT2D eigenvalue weighted by Crippen LogP contribution is -2.10. The minimum absolute atomic E-state index is 0.0582. The van der Waals surface area contributed by atoms with E-state index in [1.165, 1.54) is 7.11 Å². The second-order valence-corrected chi connectivity index (χ2v) is 2.95. The molecule has 1 heterocycles. The molecule has 2 N–H and O–H groups in total. The van der Waals surface area contributed by atoms with E-state index in [1.54, 1.807) is 0 Å². The van der Waals surface area contributed by atoms with Crippen LogP contribution < -0.4 is 11.3 Å². The van der Waals surface area contributed by atoms with Crippen LogP contribution >= 0.6 is 11.3 Å². The number of hydrogen-bond acceptors (Lipinski definition) is 6. The first kappa shape index (κ1) is 8.66. The van der Waals surface area contributed by atoms with Crippen LogP contribution in [0, 0.1) is 0 Å². The van der Waals surface area contributed by atoms with Crippen molar-refractivity contribution in [2.75, 3.05) is 12.8 Å². The smallest absolute Gasteiger partial charge is 0.348 e. The molecule has 64 valence electrons. The van der Waals surface area contributed by atoms with Gasteiger partial charge in [0.1, 0.15) is 4.88 Å². The highest BCUT2D eigenvalue weighted by Crippen LogP contribution is 2.10. The molecule has 12 heavy (non-hydrogen) atoms. The number of carbonyl (C=O) groups is 1. The fourth-order valence-corrected chi connectivity index (χ4v) is 1.31. The first-order chi connectivity index (χ1) is 5.63. The number of esters is 1. The van der Waals surface area contributed by atoms with E-state index in [-0.39, 0.29) is 10.0 Å². The van der Waals surface area contributed by atoms with Crippen LogP contribution in [0.1, 0.15) is 9.67 Å². The van der Waals surface area contributed by atoms with Crippen LogP contribution in [-0.4, -0.2) is 18.1 Å². The Morgan fingerprint density at radius 1 is 1.75 bits per heavy atom. The molecule has 1 aromatic heterocycles. The molecule has 0 aliphatic carbocycles. The maximum absolute atomic E-state index is 10.9. The highest BCUT2D eigenvalue weighted by Gasteiger charge is 2.08. The second-order valence-electron chi connectivity index (χ2n) is 1.89. The first-order valence-electron chi connectivity index (χ1n) is 2.99. The molecule has 0 amide bonds. The van der Waals surface area contributed by atoms with Crippen molar-refractivity contribution >= 4 is 22.4 Å². The average molecular weight is 186 g/mol. The lowest BCUT2D eigenvalue weighted by atomic mass is 10.5. The molecule has 0 fully saturated rings. The third-order valence-electron chi connectivity index (χ3n) is 1.08. The fourth-order valence-electron chi connectivity index (χ4n) is 0.619. The Morgan fingerprint density at radius 2 is 2.42 bits per heavy atom. The van der Waals surface area contributed by atoms with Crippen LogP contribution in [0.15, 0.2) is 10.9 Å². The van der Waals surface area contributed by atoms with Gasteiger partial charge in [0, 0.05) is 6.07 Å². The van der Waals surface area contributed by atoms with Gasteiger partial charge < -0.3 is 10.5 Å². The molecule has 0 saturated carbocycles. The van der Waals surface area contributed by atoms with Gasteiger partial charge in [-0.05, 0) is 0 Å². The first-order valence-corrected chi connectivity index (χ1v) is 3.81. The lowest BCUT2D eigenvalue weighted by molar-refractivity contribution is 0.0606. The van der Waals surface area contributed by atoms with Gasteiger partial charge in [-0.2, -0.15) is 4.98 Å². The molecule has 5 nitrogen and oxygen atoms in total. The summed E-state index contributed by atoms with van der Waals surface area (Å²) >= 11 is 0.916. The highest BCUT2D eigenvalue weighted by molar-refractivity contribution is 7.16. The summed E-state index contributed by atoms with van der Waals surface area (Å²) < 4.78 is 4.40. The molecule has 0 aromatic carbocycles. The predicted molar refractivity (Wildman–Crippen MR) is 44.1 cm³/mol. The van der Waals surface area contributed by atoms with Crippen molar-refractivity contribution in [2.45, 2.75) is 0 Å². The fraction of sp³-hybridized carbons (Fsp3) is 0.167. The molecule has 0 spiro atoms. The van der Waals surface area contributed by atoms with Crippen LogP contribution in [0.3, 0.4) is 0 Å². The molecule has 0 atom stereocenters. The number of nitrogens with two attached hydrogens (primary N) is 1. The minimum Gasteiger partial charge on any atom is -0.465 e. The summed E-state index contributed by atoms with van der Waals surface area (Å²) in [5, 5.41) is 0.0582. The number of aromatic nitrogens is 1. The second kappa shape index (κ2) is 3.31. The molecule has 1 aromatic rings. The standard InChI is InChI=1S/C6H6N2O3S/c1-11-5(10)3-2-4(9)8-6(7)12-3/h2H,1H3,(H2,7,8,9). The number of hydrogen-bond donors (Lipinski definition) is 1. The molecule has 1 rings (SSSR count). The van der Waals surface area contributed by atoms with Gasteiger partial charge in [0.25, 0.3) is 5.56 Å². The molecular weight excluding hydrogens is 180 g/mol. The maximum atomic E-state index is 10.9. The maximum Gasteiger partial charge on any atom is 0.348 e. The average Bonchev–Trinajstić information content (AvgIpc) is 2.01. The Morgan fingerprint density at radius 3 is 2.92 bits per heavy atom. The monoisotopic (exact) mass is 186 g/mol. The summed E-state index contributed by atoms with van der Waals surface area (Å²) in [6.45, 7) is 0. The van der Waals surface area contributed by atoms with Crippen LogP contribution in [-0.2, 0) is 4.74 Å². The third-order valence-corrected chi connectivity index (χ3v) is 1.88. The van der Waals surface area contributed by atoms with Crippen LogP contribution in [0.2, 0.25) is 0 Å². The van der Waals surface area contributed by atoms with Crippen LogP contribution in [0.25, 0.3) is 0 Å². The number of nitrogen functional groups attached to an aromatic ring is 1. The number of methoxy groups -OCH3 is 1. The number of nitrogens with zero attached hydrogens (tertiary/aromatic N) is 1. The topological polar surface area (TPSA) is 82.3 Å². The van der Waals surface area contributed by atoms with Crippen molar-refractivity contribution in [2.24, 2.45) is 0 Å². The molecule has 0 radical (unpaired) electrons. The largest absolute Gasteiger partial charge is 0.465 e. The van der Waals surface area contributed by atoms with Gasteiger partial charge in [-0.1, -0.05) is 11.3 Å². The van der Waals surface area contributed by atoms with Crippen molar-refractivity contribution in [3.63, 3.8) is 0 Å². The number of rotatable bonds is 1. The van der Waals surface area contributed by atoms with E-state index >= 15 is 0 Å². The molecule has 0 unspecified atom stereocenters. The van der Waals surface area contributed by atoms with Crippen molar-refractivity contribution in [3.05, 3.63) is 21.3 Å². The Balaban J connectivity index is 3.17. The summed E-state index contributed by atoms with van der Waals surface area (Å²) in [6, 6.07) is 1.09. The Hall–Kier alpha value is -1.43. The van der Waals surface area contributed by atoms with Crippen LogP contribution in [0.5, 0.6) is 0 Å². The molecule has 0 aliphatic rings. The Bertz CT molecular complexity index is 360. The zero-order valence-corrected chi connectivity index (χ0v) is 7.05. The summed E-state index contributed by atoms with van der Waals surface area (Å²) in [5.74, 6) is -0.578. The van der Waals surface area contributed by atoms with Gasteiger partial charge in [0.2, 0.25) is 0 Å². The molecule has 6 heteroatoms. The minimum atomic E-state index is -0.578. The zero-order chi connectivity index (χ0) is 9.14. The van der Waals surface area contributed by atoms with Gasteiger partial charge in [0.15, 0.2) is 5.13 Å². The zero-order valence-electron chi connectivity index (χ0n) is 6.23. The molecular formula is C6H6N2O3S. The molecule has 0 bridgehead atoms. The highest BCUT2D eigenvalue weighted by atomic mass is 32.1. The van der Waals surface area contributed by atoms with Crippen molar-refractivity contribution in [3.8, 4) is 0 Å². The third kappa shape index (κ3) is 1.79. The summed E-state index contributed by atoms with van der Waals surface area (Å²) in [6.07, 6.45) is 0. The van der Waals surface area contributed by atoms with E-state index in [9.17, 15) is 9.59 Å².